The maximum absolute atomic E-state index is 12.1. The molecule has 1 aliphatic heterocycles. The summed E-state index contributed by atoms with van der Waals surface area (Å²) in [6, 6.07) is 4.54. The van der Waals surface area contributed by atoms with Crippen LogP contribution in [0.25, 0.3) is 6.08 Å². The van der Waals surface area contributed by atoms with Crippen LogP contribution in [0.1, 0.15) is 83.8 Å². The largest absolute Gasteiger partial charge is 0.488 e. The monoisotopic (exact) mass is 398 g/mol. The third kappa shape index (κ3) is 6.52. The number of aryl methyl sites for hydroxylation is 1. The Morgan fingerprint density at radius 2 is 2.10 bits per heavy atom. The van der Waals surface area contributed by atoms with Gasteiger partial charge in [-0.1, -0.05) is 25.5 Å². The minimum atomic E-state index is -0.151. The van der Waals surface area contributed by atoms with Gasteiger partial charge in [0.2, 0.25) is 5.91 Å². The average molecular weight is 399 g/mol. The zero-order valence-electron chi connectivity index (χ0n) is 18.6. The van der Waals surface area contributed by atoms with Crippen molar-refractivity contribution in [1.29, 1.82) is 0 Å². The van der Waals surface area contributed by atoms with Crippen LogP contribution >= 0.6 is 0 Å². The highest BCUT2D eigenvalue weighted by Gasteiger charge is 2.28. The van der Waals surface area contributed by atoms with Gasteiger partial charge in [-0.25, -0.2) is 0 Å². The molecule has 1 aliphatic carbocycles. The van der Waals surface area contributed by atoms with Crippen LogP contribution in [-0.2, 0) is 11.2 Å². The second-order valence-electron chi connectivity index (χ2n) is 9.70. The van der Waals surface area contributed by atoms with Gasteiger partial charge in [0.1, 0.15) is 5.75 Å². The van der Waals surface area contributed by atoms with E-state index >= 15 is 0 Å². The average Bonchev–Trinajstić information content (AvgIpc) is 3.11. The molecule has 0 radical (unpaired) electrons. The molecule has 1 fully saturated rings. The number of anilines is 1. The van der Waals surface area contributed by atoms with Crippen molar-refractivity contribution in [3.8, 4) is 5.75 Å². The van der Waals surface area contributed by atoms with Gasteiger partial charge in [0.25, 0.3) is 0 Å². The molecule has 29 heavy (non-hydrogen) atoms. The normalized spacial score (nSPS) is 20.8. The highest BCUT2D eigenvalue weighted by atomic mass is 16.5. The summed E-state index contributed by atoms with van der Waals surface area (Å²) in [5, 5.41) is 6.56. The summed E-state index contributed by atoms with van der Waals surface area (Å²) in [5.74, 6) is 1.75. The summed E-state index contributed by atoms with van der Waals surface area (Å²) < 4.78 is 6.52. The molecule has 0 spiro atoms. The number of hydrogen-bond acceptors (Lipinski definition) is 3. The molecular formula is C25H38N2O2. The predicted molar refractivity (Wildman–Crippen MR) is 121 cm³/mol. The van der Waals surface area contributed by atoms with Crippen molar-refractivity contribution in [2.45, 2.75) is 90.7 Å². The molecule has 0 aromatic heterocycles. The summed E-state index contributed by atoms with van der Waals surface area (Å²) in [5.41, 5.74) is 3.60. The van der Waals surface area contributed by atoms with Gasteiger partial charge < -0.3 is 15.4 Å². The van der Waals surface area contributed by atoms with E-state index in [0.717, 1.165) is 50.1 Å². The zero-order valence-corrected chi connectivity index (χ0v) is 18.6. The molecule has 1 saturated carbocycles. The molecule has 160 valence electrons. The van der Waals surface area contributed by atoms with E-state index in [1.54, 1.807) is 0 Å². The lowest BCUT2D eigenvalue weighted by molar-refractivity contribution is -0.122. The van der Waals surface area contributed by atoms with Crippen molar-refractivity contribution in [1.82, 2.24) is 5.32 Å². The van der Waals surface area contributed by atoms with Gasteiger partial charge in [0, 0.05) is 24.1 Å². The van der Waals surface area contributed by atoms with Crippen molar-refractivity contribution >= 4 is 17.7 Å². The minimum absolute atomic E-state index is 0.151. The Bertz CT molecular complexity index is 733. The van der Waals surface area contributed by atoms with E-state index in [1.807, 2.05) is 20.8 Å². The van der Waals surface area contributed by atoms with Gasteiger partial charge in [-0.15, -0.1) is 0 Å². The summed E-state index contributed by atoms with van der Waals surface area (Å²) in [6.07, 6.45) is 13.0. The number of amides is 1. The third-order valence-electron chi connectivity index (χ3n) is 5.79. The van der Waals surface area contributed by atoms with Crippen LogP contribution in [0.15, 0.2) is 18.2 Å². The number of carbonyl (C=O) groups is 1. The molecule has 1 amide bonds. The van der Waals surface area contributed by atoms with E-state index in [0.29, 0.717) is 12.3 Å². The molecule has 1 heterocycles. The Hall–Kier alpha value is -1.97. The SMILES string of the molecule is CCCCc1cc2c(c(O[C@@H]3CCC(CCC(=O)NC(C)(C)C)C3)c1)NCC=C2. The number of rotatable bonds is 8. The van der Waals surface area contributed by atoms with Gasteiger partial charge in [-0.2, -0.15) is 0 Å². The fourth-order valence-electron chi connectivity index (χ4n) is 4.38. The maximum Gasteiger partial charge on any atom is 0.220 e. The van der Waals surface area contributed by atoms with Crippen LogP contribution in [0.4, 0.5) is 5.69 Å². The summed E-state index contributed by atoms with van der Waals surface area (Å²) in [7, 11) is 0. The molecule has 1 aromatic rings. The first-order chi connectivity index (χ1) is 13.8. The standard InChI is InChI=1S/C25H38N2O2/c1-5-6-8-19-15-20-9-7-14-26-24(20)22(17-19)29-21-12-10-18(16-21)11-13-23(28)27-25(2,3)4/h7,9,15,17-18,21,26H,5-6,8,10-14,16H2,1-4H3,(H,27,28)/t18?,21-/m1/s1. The van der Waals surface area contributed by atoms with Crippen molar-refractivity contribution < 1.29 is 9.53 Å². The number of nitrogens with one attached hydrogen (secondary N) is 2. The predicted octanol–water partition coefficient (Wildman–Crippen LogP) is 5.71. The Morgan fingerprint density at radius 3 is 2.86 bits per heavy atom. The van der Waals surface area contributed by atoms with Gasteiger partial charge in [-0.05, 0) is 82.9 Å². The molecule has 1 unspecified atom stereocenters. The van der Waals surface area contributed by atoms with Crippen LogP contribution in [0.2, 0.25) is 0 Å². The maximum atomic E-state index is 12.1. The molecule has 2 atom stereocenters. The lowest BCUT2D eigenvalue weighted by Crippen LogP contribution is -2.40. The first kappa shape index (κ1) is 21.7. The Balaban J connectivity index is 1.58. The van der Waals surface area contributed by atoms with Crippen LogP contribution in [0.3, 0.4) is 0 Å². The van der Waals surface area contributed by atoms with E-state index in [9.17, 15) is 4.79 Å². The Morgan fingerprint density at radius 1 is 1.28 bits per heavy atom. The first-order valence-electron chi connectivity index (χ1n) is 11.4. The lowest BCUT2D eigenvalue weighted by Gasteiger charge is -2.23. The van der Waals surface area contributed by atoms with Crippen molar-refractivity contribution in [2.24, 2.45) is 5.92 Å². The highest BCUT2D eigenvalue weighted by Crippen LogP contribution is 2.38. The molecule has 3 rings (SSSR count). The van der Waals surface area contributed by atoms with E-state index < -0.39 is 0 Å². The third-order valence-corrected chi connectivity index (χ3v) is 5.79. The Kier molecular flexibility index (Phi) is 7.26. The highest BCUT2D eigenvalue weighted by molar-refractivity contribution is 5.77. The van der Waals surface area contributed by atoms with Gasteiger partial charge >= 0.3 is 0 Å². The van der Waals surface area contributed by atoms with Crippen LogP contribution in [-0.4, -0.2) is 24.1 Å². The number of fused-ring (bicyclic) bond motifs is 1. The first-order valence-corrected chi connectivity index (χ1v) is 11.4. The van der Waals surface area contributed by atoms with Crippen LogP contribution in [0.5, 0.6) is 5.75 Å². The molecule has 1 aromatic carbocycles. The number of benzene rings is 1. The van der Waals surface area contributed by atoms with E-state index in [-0.39, 0.29) is 17.6 Å². The Labute approximate surface area is 176 Å². The molecule has 4 nitrogen and oxygen atoms in total. The number of carbonyl (C=O) groups excluding carboxylic acids is 1. The minimum Gasteiger partial charge on any atom is -0.488 e. The summed E-state index contributed by atoms with van der Waals surface area (Å²) in [4.78, 5) is 12.1. The van der Waals surface area contributed by atoms with E-state index in [1.165, 1.54) is 24.0 Å². The van der Waals surface area contributed by atoms with Crippen LogP contribution in [0, 0.1) is 5.92 Å². The molecule has 2 aliphatic rings. The van der Waals surface area contributed by atoms with Gasteiger partial charge in [0.05, 0.1) is 11.8 Å². The number of unbranched alkanes of at least 4 members (excludes halogenated alkanes) is 1. The van der Waals surface area contributed by atoms with Crippen molar-refractivity contribution in [3.05, 3.63) is 29.3 Å². The lowest BCUT2D eigenvalue weighted by atomic mass is 10.00. The van der Waals surface area contributed by atoms with E-state index in [2.05, 4.69) is 41.8 Å². The molecule has 0 saturated heterocycles. The second kappa shape index (κ2) is 9.69. The topological polar surface area (TPSA) is 50.4 Å². The zero-order chi connectivity index (χ0) is 20.9. The smallest absolute Gasteiger partial charge is 0.220 e. The fraction of sp³-hybridized carbons (Fsp3) is 0.640. The fourth-order valence-corrected chi connectivity index (χ4v) is 4.38. The van der Waals surface area contributed by atoms with Crippen molar-refractivity contribution in [2.75, 3.05) is 11.9 Å². The number of ether oxygens (including phenoxy) is 1. The second-order valence-corrected chi connectivity index (χ2v) is 9.70. The quantitative estimate of drug-likeness (QED) is 0.590. The number of hydrogen-bond donors (Lipinski definition) is 2. The summed E-state index contributed by atoms with van der Waals surface area (Å²) in [6.45, 7) is 9.18. The van der Waals surface area contributed by atoms with Gasteiger partial charge in [0.15, 0.2) is 0 Å². The van der Waals surface area contributed by atoms with E-state index in [4.69, 9.17) is 4.74 Å². The molecular weight excluding hydrogens is 360 g/mol. The molecule has 4 heteroatoms. The summed E-state index contributed by atoms with van der Waals surface area (Å²) >= 11 is 0. The molecule has 0 bridgehead atoms. The van der Waals surface area contributed by atoms with Crippen molar-refractivity contribution in [3.63, 3.8) is 0 Å². The van der Waals surface area contributed by atoms with Gasteiger partial charge in [-0.3, -0.25) is 4.79 Å². The molecule has 2 N–H and O–H groups in total. The van der Waals surface area contributed by atoms with Crippen LogP contribution < -0.4 is 15.4 Å².